The van der Waals surface area contributed by atoms with Crippen molar-refractivity contribution >= 4 is 30.7 Å². The van der Waals surface area contributed by atoms with Crippen molar-refractivity contribution in [3.05, 3.63) is 34.1 Å². The zero-order valence-electron chi connectivity index (χ0n) is 20.9. The normalized spacial score (nSPS) is 24.2. The molecule has 6 nitrogen and oxygen atoms in total. The highest BCUT2D eigenvalue weighted by atomic mass is 32.1. The number of rotatable bonds is 8. The van der Waals surface area contributed by atoms with Gasteiger partial charge in [-0.05, 0) is 56.3 Å². The summed E-state index contributed by atoms with van der Waals surface area (Å²) in [5, 5.41) is 10.4. The highest BCUT2D eigenvalue weighted by Crippen LogP contribution is 2.48. The smallest absolute Gasteiger partial charge is 0.274 e. The maximum atomic E-state index is 13.1. The number of aldehydes is 1. The molecule has 184 valence electrons. The van der Waals surface area contributed by atoms with Gasteiger partial charge in [-0.1, -0.05) is 43.9 Å². The van der Waals surface area contributed by atoms with E-state index in [1.807, 2.05) is 18.7 Å². The van der Waals surface area contributed by atoms with E-state index in [1.54, 1.807) is 19.0 Å². The fourth-order valence-corrected chi connectivity index (χ4v) is 5.53. The second-order valence-electron chi connectivity index (χ2n) is 9.30. The lowest BCUT2D eigenvalue weighted by molar-refractivity contribution is -0.132. The van der Waals surface area contributed by atoms with Crippen LogP contribution in [0.15, 0.2) is 39.1 Å². The molecule has 1 saturated carbocycles. The molecule has 2 aliphatic rings. The zero-order valence-corrected chi connectivity index (χ0v) is 21.8. The van der Waals surface area contributed by atoms with Crippen LogP contribution in [-0.2, 0) is 9.59 Å². The molecule has 0 aromatic heterocycles. The summed E-state index contributed by atoms with van der Waals surface area (Å²) < 4.78 is 0. The lowest BCUT2D eigenvalue weighted by Crippen LogP contribution is -2.56. The van der Waals surface area contributed by atoms with Crippen LogP contribution >= 0.6 is 12.6 Å². The predicted molar refractivity (Wildman–Crippen MR) is 139 cm³/mol. The summed E-state index contributed by atoms with van der Waals surface area (Å²) in [7, 11) is 3.47. The second kappa shape index (κ2) is 12.4. The van der Waals surface area contributed by atoms with Gasteiger partial charge in [0.2, 0.25) is 0 Å². The van der Waals surface area contributed by atoms with E-state index in [0.717, 1.165) is 55.7 Å². The van der Waals surface area contributed by atoms with Crippen molar-refractivity contribution in [2.24, 2.45) is 10.4 Å². The number of amidine groups is 1. The van der Waals surface area contributed by atoms with Crippen LogP contribution < -0.4 is 0 Å². The molecule has 0 bridgehead atoms. The molecule has 1 aliphatic heterocycles. The topological polar surface area (TPSA) is 73.2 Å². The molecule has 0 aromatic carbocycles. The molecule has 1 heterocycles. The third kappa shape index (κ3) is 6.31. The van der Waals surface area contributed by atoms with Crippen LogP contribution in [0.3, 0.4) is 0 Å². The van der Waals surface area contributed by atoms with Gasteiger partial charge in [-0.15, -0.1) is 12.6 Å². The Morgan fingerprint density at radius 2 is 1.97 bits per heavy atom. The van der Waals surface area contributed by atoms with E-state index in [2.05, 4.69) is 36.7 Å². The number of nitrogens with zero attached hydrogens (tertiary/aromatic N) is 3. The number of hydrogen-bond donors (Lipinski definition) is 2. The number of carbonyl (C=O) groups is 2. The Kier molecular flexibility index (Phi) is 10.3. The molecular formula is C26H41N3O3S. The van der Waals surface area contributed by atoms with Crippen LogP contribution in [0.25, 0.3) is 0 Å². The minimum Gasteiger partial charge on any atom is -0.503 e. The minimum absolute atomic E-state index is 0.00977. The van der Waals surface area contributed by atoms with Crippen molar-refractivity contribution in [2.45, 2.75) is 84.6 Å². The summed E-state index contributed by atoms with van der Waals surface area (Å²) >= 11 is 4.41. The lowest BCUT2D eigenvalue weighted by atomic mass is 9.65. The standard InChI is InChI=1S/C26H41N3O3S/c1-6-20(13-11-12-19(3)33)26(14-9-8-10-15-26)16-23(27-4)29-17-21(7-2)28(5)25(32)24(29)22(31)18-30/h6,12,18,21,31,33H,7-11,13-17H2,1-5H3/b19-12?,20-6+,24-22+,27-23-. The van der Waals surface area contributed by atoms with Gasteiger partial charge in [-0.25, -0.2) is 0 Å². The van der Waals surface area contributed by atoms with Crippen molar-refractivity contribution in [2.75, 3.05) is 20.6 Å². The largest absolute Gasteiger partial charge is 0.503 e. The van der Waals surface area contributed by atoms with Gasteiger partial charge in [-0.3, -0.25) is 14.6 Å². The first kappa shape index (κ1) is 27.2. The Bertz CT molecular complexity index is 834. The Morgan fingerprint density at radius 3 is 2.48 bits per heavy atom. The van der Waals surface area contributed by atoms with E-state index < -0.39 is 5.76 Å². The van der Waals surface area contributed by atoms with Gasteiger partial charge in [0.25, 0.3) is 5.91 Å². The summed E-state index contributed by atoms with van der Waals surface area (Å²) in [6.45, 7) is 6.67. The molecule has 1 amide bonds. The molecule has 1 saturated heterocycles. The average molecular weight is 476 g/mol. The average Bonchev–Trinajstić information content (AvgIpc) is 2.81. The lowest BCUT2D eigenvalue weighted by Gasteiger charge is -2.45. The van der Waals surface area contributed by atoms with Crippen molar-refractivity contribution in [3.8, 4) is 0 Å². The molecule has 0 aromatic rings. The molecule has 1 atom stereocenters. The van der Waals surface area contributed by atoms with Gasteiger partial charge >= 0.3 is 0 Å². The number of piperazine rings is 1. The molecule has 1 unspecified atom stereocenters. The quantitative estimate of drug-likeness (QED) is 0.0933. The third-order valence-corrected chi connectivity index (χ3v) is 7.50. The van der Waals surface area contributed by atoms with Crippen LogP contribution in [0.4, 0.5) is 0 Å². The Hall–Kier alpha value is -2.02. The molecular weight excluding hydrogens is 434 g/mol. The first-order valence-corrected chi connectivity index (χ1v) is 12.6. The van der Waals surface area contributed by atoms with Crippen molar-refractivity contribution in [3.63, 3.8) is 0 Å². The summed E-state index contributed by atoms with van der Waals surface area (Å²) in [6, 6.07) is -0.00977. The van der Waals surface area contributed by atoms with E-state index in [-0.39, 0.29) is 23.1 Å². The van der Waals surface area contributed by atoms with E-state index >= 15 is 0 Å². The summed E-state index contributed by atoms with van der Waals surface area (Å²) in [6.07, 6.45) is 13.9. The van der Waals surface area contributed by atoms with Gasteiger partial charge in [0, 0.05) is 33.1 Å². The molecule has 1 N–H and O–H groups in total. The van der Waals surface area contributed by atoms with Crippen LogP contribution in [0, 0.1) is 5.41 Å². The zero-order chi connectivity index (χ0) is 24.6. The van der Waals surface area contributed by atoms with Gasteiger partial charge in [-0.2, -0.15) is 0 Å². The summed E-state index contributed by atoms with van der Waals surface area (Å²) in [5.74, 6) is -0.0986. The maximum Gasteiger partial charge on any atom is 0.274 e. The fraction of sp³-hybridized carbons (Fsp3) is 0.654. The molecule has 0 radical (unpaired) electrons. The van der Waals surface area contributed by atoms with E-state index in [0.29, 0.717) is 19.3 Å². The van der Waals surface area contributed by atoms with Crippen LogP contribution in [0.1, 0.15) is 78.6 Å². The molecule has 7 heteroatoms. The highest BCUT2D eigenvalue weighted by Gasteiger charge is 2.42. The monoisotopic (exact) mass is 475 g/mol. The van der Waals surface area contributed by atoms with Crippen molar-refractivity contribution in [1.29, 1.82) is 0 Å². The molecule has 2 rings (SSSR count). The third-order valence-electron chi connectivity index (χ3n) is 7.32. The van der Waals surface area contributed by atoms with Crippen LogP contribution in [0.2, 0.25) is 0 Å². The van der Waals surface area contributed by atoms with Gasteiger partial charge in [0.05, 0.1) is 0 Å². The number of likely N-dealkylation sites (N-methyl/N-ethyl adjacent to an activating group) is 1. The van der Waals surface area contributed by atoms with Crippen molar-refractivity contribution in [1.82, 2.24) is 9.80 Å². The van der Waals surface area contributed by atoms with E-state index in [9.17, 15) is 14.7 Å². The number of hydrogen-bond acceptors (Lipinski definition) is 5. The number of amides is 1. The summed E-state index contributed by atoms with van der Waals surface area (Å²) in [5.41, 5.74) is 1.43. The molecule has 2 fully saturated rings. The summed E-state index contributed by atoms with van der Waals surface area (Å²) in [4.78, 5) is 33.7. The number of aliphatic hydroxyl groups excluding tert-OH is 1. The Labute approximate surface area is 204 Å². The van der Waals surface area contributed by atoms with Gasteiger partial charge < -0.3 is 14.9 Å². The minimum atomic E-state index is -0.527. The number of carbonyl (C=O) groups excluding carboxylic acids is 2. The number of allylic oxidation sites excluding steroid dienone is 5. The highest BCUT2D eigenvalue weighted by molar-refractivity contribution is 7.84. The molecule has 0 spiro atoms. The maximum absolute atomic E-state index is 13.1. The molecule has 1 aliphatic carbocycles. The number of thiol groups is 1. The van der Waals surface area contributed by atoms with Crippen LogP contribution in [-0.4, -0.2) is 59.6 Å². The van der Waals surface area contributed by atoms with Gasteiger partial charge in [0.15, 0.2) is 17.7 Å². The Balaban J connectivity index is 2.46. The first-order valence-electron chi connectivity index (χ1n) is 12.1. The Morgan fingerprint density at radius 1 is 1.30 bits per heavy atom. The van der Waals surface area contributed by atoms with Gasteiger partial charge in [0.1, 0.15) is 5.84 Å². The van der Waals surface area contributed by atoms with E-state index in [1.165, 1.54) is 12.0 Å². The molecule has 33 heavy (non-hydrogen) atoms. The second-order valence-corrected chi connectivity index (χ2v) is 10.0. The fourth-order valence-electron chi connectivity index (χ4n) is 5.40. The number of aliphatic hydroxyl groups is 1. The van der Waals surface area contributed by atoms with Crippen LogP contribution in [0.5, 0.6) is 0 Å². The first-order chi connectivity index (χ1) is 15.7. The van der Waals surface area contributed by atoms with Crippen molar-refractivity contribution < 1.29 is 14.7 Å². The SMILES string of the molecule is C/C=C(\CCC=C(C)S)C1(C/C(=N/C)N2CC(CC)N(C)C(=O)/C2=C(\O)C=O)CCCCC1. The van der Waals surface area contributed by atoms with E-state index in [4.69, 9.17) is 0 Å². The predicted octanol–water partition coefficient (Wildman–Crippen LogP) is 5.44. The number of aliphatic imine (C=N–C) groups is 1.